The van der Waals surface area contributed by atoms with Gasteiger partial charge in [-0.2, -0.15) is 18.3 Å². The van der Waals surface area contributed by atoms with Crippen LogP contribution < -0.4 is 21.7 Å². The molecule has 0 amide bonds. The van der Waals surface area contributed by atoms with Crippen LogP contribution in [-0.4, -0.2) is 21.5 Å². The monoisotopic (exact) mass is 514 g/mol. The number of nitrogens with zero attached hydrogens (tertiary/aromatic N) is 3. The Morgan fingerprint density at radius 3 is 2.32 bits per heavy atom. The minimum atomic E-state index is -4.68. The topological polar surface area (TPSA) is 92.1 Å². The first kappa shape index (κ1) is 25.8. The molecule has 0 aliphatic carbocycles. The highest BCUT2D eigenvalue weighted by atomic mass is 19.4. The van der Waals surface area contributed by atoms with Crippen molar-refractivity contribution in [1.82, 2.24) is 14.3 Å². The van der Waals surface area contributed by atoms with E-state index >= 15 is 4.39 Å². The maximum absolute atomic E-state index is 15.1. The number of hydrogen-bond acceptors (Lipinski definition) is 5. The summed E-state index contributed by atoms with van der Waals surface area (Å²) < 4.78 is 62.3. The molecule has 192 valence electrons. The van der Waals surface area contributed by atoms with Crippen LogP contribution in [0.3, 0.4) is 0 Å². The fourth-order valence-electron chi connectivity index (χ4n) is 3.96. The molecule has 1 heterocycles. The molecule has 2 N–H and O–H groups in total. The second kappa shape index (κ2) is 10.4. The first-order chi connectivity index (χ1) is 17.6. The van der Waals surface area contributed by atoms with Crippen LogP contribution in [0.4, 0.5) is 17.6 Å². The molecule has 4 aromatic rings. The van der Waals surface area contributed by atoms with Crippen molar-refractivity contribution in [3.63, 3.8) is 0 Å². The Bertz CT molecular complexity index is 1530. The molecule has 0 aliphatic heterocycles. The SMILES string of the molecule is COc1cccc(-n2c(=O)c(Cc3ccccc3C(F)(F)F)nn(CC(N)c3ccccc3)c2=O)c1F. The summed E-state index contributed by atoms with van der Waals surface area (Å²) in [6.07, 6.45) is -5.24. The highest BCUT2D eigenvalue weighted by molar-refractivity contribution is 5.42. The first-order valence-electron chi connectivity index (χ1n) is 11.1. The third-order valence-electron chi connectivity index (χ3n) is 5.79. The van der Waals surface area contributed by atoms with E-state index in [4.69, 9.17) is 10.5 Å². The van der Waals surface area contributed by atoms with E-state index in [9.17, 15) is 22.8 Å². The van der Waals surface area contributed by atoms with Crippen molar-refractivity contribution in [2.24, 2.45) is 5.73 Å². The Labute approximate surface area is 208 Å². The van der Waals surface area contributed by atoms with E-state index in [0.717, 1.165) is 10.7 Å². The standard InChI is InChI=1S/C26H22F4N4O3/c1-37-22-13-7-12-21(23(22)27)34-24(35)20(14-17-10-5-6-11-18(17)26(28,29)30)32-33(25(34)36)15-19(31)16-8-3-2-4-9-16/h2-13,19H,14-15,31H2,1H3. The zero-order valence-corrected chi connectivity index (χ0v) is 19.6. The molecule has 7 nitrogen and oxygen atoms in total. The van der Waals surface area contributed by atoms with E-state index in [0.29, 0.717) is 10.1 Å². The Morgan fingerprint density at radius 2 is 1.65 bits per heavy atom. The number of rotatable bonds is 7. The van der Waals surface area contributed by atoms with Gasteiger partial charge in [0.15, 0.2) is 11.6 Å². The van der Waals surface area contributed by atoms with Gasteiger partial charge in [0.05, 0.1) is 24.9 Å². The van der Waals surface area contributed by atoms with Gasteiger partial charge in [0.25, 0.3) is 5.56 Å². The van der Waals surface area contributed by atoms with Crippen molar-refractivity contribution in [2.75, 3.05) is 7.11 Å². The van der Waals surface area contributed by atoms with Crippen molar-refractivity contribution in [2.45, 2.75) is 25.2 Å². The lowest BCUT2D eigenvalue weighted by molar-refractivity contribution is -0.138. The Kier molecular flexibility index (Phi) is 7.25. The highest BCUT2D eigenvalue weighted by Crippen LogP contribution is 2.32. The maximum Gasteiger partial charge on any atom is 0.416 e. The summed E-state index contributed by atoms with van der Waals surface area (Å²) in [5, 5.41) is 4.08. The number of nitrogens with two attached hydrogens (primary N) is 1. The van der Waals surface area contributed by atoms with Crippen LogP contribution in [0.2, 0.25) is 0 Å². The minimum absolute atomic E-state index is 0.220. The van der Waals surface area contributed by atoms with E-state index in [1.807, 2.05) is 0 Å². The van der Waals surface area contributed by atoms with Crippen molar-refractivity contribution in [3.8, 4) is 11.4 Å². The van der Waals surface area contributed by atoms with Crippen molar-refractivity contribution in [3.05, 3.63) is 122 Å². The molecule has 3 aromatic carbocycles. The van der Waals surface area contributed by atoms with Crippen LogP contribution in [-0.2, 0) is 19.1 Å². The average molecular weight is 514 g/mol. The van der Waals surface area contributed by atoms with Crippen molar-refractivity contribution >= 4 is 0 Å². The van der Waals surface area contributed by atoms with Gasteiger partial charge in [0.1, 0.15) is 5.69 Å². The third-order valence-corrected chi connectivity index (χ3v) is 5.79. The lowest BCUT2D eigenvalue weighted by Crippen LogP contribution is -2.44. The van der Waals surface area contributed by atoms with E-state index < -0.39 is 52.6 Å². The summed E-state index contributed by atoms with van der Waals surface area (Å²) >= 11 is 0. The Hall–Kier alpha value is -4.25. The van der Waals surface area contributed by atoms with Crippen LogP contribution in [0.5, 0.6) is 5.75 Å². The van der Waals surface area contributed by atoms with E-state index in [1.165, 1.54) is 43.5 Å². The number of alkyl halides is 3. The highest BCUT2D eigenvalue weighted by Gasteiger charge is 2.33. The number of aromatic nitrogens is 3. The minimum Gasteiger partial charge on any atom is -0.494 e. The van der Waals surface area contributed by atoms with Gasteiger partial charge in [-0.1, -0.05) is 54.6 Å². The fourth-order valence-corrected chi connectivity index (χ4v) is 3.96. The predicted molar refractivity (Wildman–Crippen MR) is 128 cm³/mol. The maximum atomic E-state index is 15.1. The molecule has 0 aliphatic rings. The molecule has 0 fully saturated rings. The third kappa shape index (κ3) is 5.31. The van der Waals surface area contributed by atoms with Gasteiger partial charge in [0.2, 0.25) is 0 Å². The second-order valence-electron chi connectivity index (χ2n) is 8.19. The lowest BCUT2D eigenvalue weighted by atomic mass is 10.0. The molecule has 0 spiro atoms. The first-order valence-corrected chi connectivity index (χ1v) is 11.1. The van der Waals surface area contributed by atoms with E-state index in [2.05, 4.69) is 5.10 Å². The largest absolute Gasteiger partial charge is 0.494 e. The summed E-state index contributed by atoms with van der Waals surface area (Å²) in [5.74, 6) is -1.21. The molecule has 1 aromatic heterocycles. The van der Waals surface area contributed by atoms with Gasteiger partial charge < -0.3 is 10.5 Å². The summed E-state index contributed by atoms with van der Waals surface area (Å²) in [5.41, 5.74) is 2.86. The second-order valence-corrected chi connectivity index (χ2v) is 8.19. The smallest absolute Gasteiger partial charge is 0.416 e. The zero-order chi connectivity index (χ0) is 26.7. The molecule has 0 bridgehead atoms. The van der Waals surface area contributed by atoms with Crippen LogP contribution in [0.25, 0.3) is 5.69 Å². The van der Waals surface area contributed by atoms with Crippen LogP contribution in [0.15, 0.2) is 82.4 Å². The lowest BCUT2D eigenvalue weighted by Gasteiger charge is -2.17. The number of ether oxygens (including phenoxy) is 1. The van der Waals surface area contributed by atoms with Gasteiger partial charge in [-0.3, -0.25) is 4.79 Å². The molecular formula is C26H22F4N4O3. The summed E-state index contributed by atoms with van der Waals surface area (Å²) in [6, 6.07) is 16.6. The van der Waals surface area contributed by atoms with Crippen molar-refractivity contribution < 1.29 is 22.3 Å². The number of benzene rings is 3. The van der Waals surface area contributed by atoms with Gasteiger partial charge >= 0.3 is 11.9 Å². The van der Waals surface area contributed by atoms with E-state index in [-0.39, 0.29) is 17.9 Å². The number of methoxy groups -OCH3 is 1. The normalized spacial score (nSPS) is 12.4. The van der Waals surface area contributed by atoms with Gasteiger partial charge in [0, 0.05) is 12.5 Å². The number of halogens is 4. The fraction of sp³-hybridized carbons (Fsp3) is 0.192. The molecule has 0 radical (unpaired) electrons. The molecule has 1 unspecified atom stereocenters. The molecule has 1 atom stereocenters. The van der Waals surface area contributed by atoms with Crippen LogP contribution >= 0.6 is 0 Å². The molecule has 37 heavy (non-hydrogen) atoms. The Morgan fingerprint density at radius 1 is 0.973 bits per heavy atom. The zero-order valence-electron chi connectivity index (χ0n) is 19.6. The molecule has 11 heteroatoms. The van der Waals surface area contributed by atoms with Gasteiger partial charge in [-0.05, 0) is 29.3 Å². The van der Waals surface area contributed by atoms with E-state index in [1.54, 1.807) is 30.3 Å². The summed E-state index contributed by atoms with van der Waals surface area (Å²) in [6.45, 7) is -0.220. The van der Waals surface area contributed by atoms with Crippen LogP contribution in [0.1, 0.15) is 28.4 Å². The predicted octanol–water partition coefficient (Wildman–Crippen LogP) is 3.85. The average Bonchev–Trinajstić information content (AvgIpc) is 2.88. The van der Waals surface area contributed by atoms with Crippen LogP contribution in [0, 0.1) is 5.82 Å². The van der Waals surface area contributed by atoms with Crippen molar-refractivity contribution in [1.29, 1.82) is 0 Å². The van der Waals surface area contributed by atoms with Gasteiger partial charge in [-0.25, -0.2) is 18.4 Å². The Balaban J connectivity index is 1.91. The molecule has 0 saturated heterocycles. The molecule has 4 rings (SSSR count). The summed E-state index contributed by atoms with van der Waals surface area (Å²) in [7, 11) is 1.22. The van der Waals surface area contributed by atoms with Gasteiger partial charge in [-0.15, -0.1) is 0 Å². The summed E-state index contributed by atoms with van der Waals surface area (Å²) in [4.78, 5) is 26.7. The number of hydrogen-bond donors (Lipinski definition) is 1. The molecule has 0 saturated carbocycles. The molecular weight excluding hydrogens is 492 g/mol. The quantitative estimate of drug-likeness (QED) is 0.379.